The van der Waals surface area contributed by atoms with Crippen molar-refractivity contribution in [1.29, 1.82) is 0 Å². The van der Waals surface area contributed by atoms with Crippen molar-refractivity contribution in [1.82, 2.24) is 10.3 Å². The third-order valence-corrected chi connectivity index (χ3v) is 4.05. The van der Waals surface area contributed by atoms with Gasteiger partial charge in [0.05, 0.1) is 0 Å². The Labute approximate surface area is 111 Å². The smallest absolute Gasteiger partial charge is 0.251 e. The van der Waals surface area contributed by atoms with Crippen LogP contribution in [0.15, 0.2) is 12.1 Å². The molecule has 1 aromatic heterocycles. The fraction of sp³-hybridized carbons (Fsp3) is 0.571. The van der Waals surface area contributed by atoms with Gasteiger partial charge in [0.1, 0.15) is 0 Å². The number of carbonyl (C=O) groups is 1. The molecule has 1 aliphatic rings. The summed E-state index contributed by atoms with van der Waals surface area (Å²) in [4.78, 5) is 15.0. The standard InChI is InChI=1S/C14H18F2N2O/c1-8-4-3-5-11(9(8)2)17-14(19)10-6-12(15)18-13(16)7-10/h6-9,11H,3-5H2,1-2H3,(H,17,19)/t8-,9-,11+/m1/s1. The topological polar surface area (TPSA) is 42.0 Å². The van der Waals surface area contributed by atoms with Crippen LogP contribution in [-0.2, 0) is 0 Å². The highest BCUT2D eigenvalue weighted by Crippen LogP contribution is 2.29. The molecule has 1 aliphatic carbocycles. The number of carbonyl (C=O) groups excluding carboxylic acids is 1. The van der Waals surface area contributed by atoms with E-state index in [0.29, 0.717) is 11.8 Å². The van der Waals surface area contributed by atoms with E-state index in [9.17, 15) is 13.6 Å². The van der Waals surface area contributed by atoms with Crippen LogP contribution in [0.5, 0.6) is 0 Å². The molecule has 1 aromatic rings. The number of halogens is 2. The van der Waals surface area contributed by atoms with E-state index >= 15 is 0 Å². The summed E-state index contributed by atoms with van der Waals surface area (Å²) in [7, 11) is 0. The van der Waals surface area contributed by atoms with Crippen LogP contribution in [0.2, 0.25) is 0 Å². The molecule has 5 heteroatoms. The first kappa shape index (κ1) is 13.9. The average Bonchev–Trinajstić information content (AvgIpc) is 2.33. The maximum Gasteiger partial charge on any atom is 0.251 e. The minimum absolute atomic E-state index is 0.0181. The third kappa shape index (κ3) is 3.28. The number of hydrogen-bond acceptors (Lipinski definition) is 2. The Hall–Kier alpha value is -1.52. The predicted molar refractivity (Wildman–Crippen MR) is 67.6 cm³/mol. The fourth-order valence-corrected chi connectivity index (χ4v) is 2.63. The van der Waals surface area contributed by atoms with E-state index in [-0.39, 0.29) is 11.6 Å². The van der Waals surface area contributed by atoms with Gasteiger partial charge >= 0.3 is 0 Å². The van der Waals surface area contributed by atoms with Crippen molar-refractivity contribution < 1.29 is 13.6 Å². The van der Waals surface area contributed by atoms with Crippen molar-refractivity contribution in [2.75, 3.05) is 0 Å². The maximum absolute atomic E-state index is 13.0. The molecule has 1 fully saturated rings. The molecule has 0 unspecified atom stereocenters. The molecular formula is C14H18F2N2O. The van der Waals surface area contributed by atoms with Crippen LogP contribution >= 0.6 is 0 Å². The van der Waals surface area contributed by atoms with Crippen LogP contribution in [0.1, 0.15) is 43.5 Å². The number of amides is 1. The third-order valence-electron chi connectivity index (χ3n) is 4.05. The first-order chi connectivity index (χ1) is 8.97. The molecule has 0 aromatic carbocycles. The minimum Gasteiger partial charge on any atom is -0.349 e. The molecule has 1 N–H and O–H groups in total. The van der Waals surface area contributed by atoms with Crippen LogP contribution in [-0.4, -0.2) is 16.9 Å². The van der Waals surface area contributed by atoms with E-state index in [2.05, 4.69) is 24.1 Å². The van der Waals surface area contributed by atoms with Gasteiger partial charge in [0.15, 0.2) is 0 Å². The summed E-state index contributed by atoms with van der Waals surface area (Å²) in [5.41, 5.74) is -0.0181. The van der Waals surface area contributed by atoms with Gasteiger partial charge in [0.2, 0.25) is 11.9 Å². The van der Waals surface area contributed by atoms with E-state index in [1.165, 1.54) is 0 Å². The summed E-state index contributed by atoms with van der Waals surface area (Å²) in [6, 6.07) is 1.97. The number of pyridine rings is 1. The molecule has 2 rings (SSSR count). The number of rotatable bonds is 2. The second-order valence-corrected chi connectivity index (χ2v) is 5.35. The molecular weight excluding hydrogens is 250 g/mol. The normalized spacial score (nSPS) is 27.1. The molecule has 0 aliphatic heterocycles. The molecule has 0 saturated heterocycles. The lowest BCUT2D eigenvalue weighted by Crippen LogP contribution is -2.43. The van der Waals surface area contributed by atoms with Crippen molar-refractivity contribution in [2.24, 2.45) is 11.8 Å². The number of nitrogens with zero attached hydrogens (tertiary/aromatic N) is 1. The molecule has 0 bridgehead atoms. The van der Waals surface area contributed by atoms with Gasteiger partial charge in [0.25, 0.3) is 5.91 Å². The molecule has 3 atom stereocenters. The number of hydrogen-bond donors (Lipinski definition) is 1. The van der Waals surface area contributed by atoms with Gasteiger partial charge in [-0.2, -0.15) is 13.8 Å². The maximum atomic E-state index is 13.0. The summed E-state index contributed by atoms with van der Waals surface area (Å²) in [6.45, 7) is 4.26. The largest absolute Gasteiger partial charge is 0.349 e. The van der Waals surface area contributed by atoms with Gasteiger partial charge in [-0.25, -0.2) is 0 Å². The first-order valence-corrected chi connectivity index (χ1v) is 6.61. The van der Waals surface area contributed by atoms with Crippen LogP contribution in [0.25, 0.3) is 0 Å². The molecule has 104 valence electrons. The molecule has 1 heterocycles. The van der Waals surface area contributed by atoms with Crippen molar-refractivity contribution in [3.8, 4) is 0 Å². The number of aromatic nitrogens is 1. The Morgan fingerprint density at radius 3 is 2.53 bits per heavy atom. The summed E-state index contributed by atoms with van der Waals surface area (Å²) in [6.07, 6.45) is 3.13. The first-order valence-electron chi connectivity index (χ1n) is 6.61. The second kappa shape index (κ2) is 5.63. The van der Waals surface area contributed by atoms with E-state index in [0.717, 1.165) is 31.4 Å². The van der Waals surface area contributed by atoms with Crippen LogP contribution < -0.4 is 5.32 Å². The lowest BCUT2D eigenvalue weighted by molar-refractivity contribution is 0.0889. The van der Waals surface area contributed by atoms with Gasteiger partial charge in [-0.15, -0.1) is 0 Å². The molecule has 19 heavy (non-hydrogen) atoms. The van der Waals surface area contributed by atoms with Crippen molar-refractivity contribution >= 4 is 5.91 Å². The lowest BCUT2D eigenvalue weighted by Gasteiger charge is -2.34. The average molecular weight is 268 g/mol. The van der Waals surface area contributed by atoms with Crippen LogP contribution in [0.4, 0.5) is 8.78 Å². The Balaban J connectivity index is 2.08. The zero-order valence-electron chi connectivity index (χ0n) is 11.1. The van der Waals surface area contributed by atoms with Gasteiger partial charge in [0, 0.05) is 23.7 Å². The zero-order chi connectivity index (χ0) is 14.0. The highest BCUT2D eigenvalue weighted by atomic mass is 19.1. The van der Waals surface area contributed by atoms with Gasteiger partial charge in [-0.3, -0.25) is 4.79 Å². The zero-order valence-corrected chi connectivity index (χ0v) is 11.1. The quantitative estimate of drug-likeness (QED) is 0.838. The van der Waals surface area contributed by atoms with E-state index < -0.39 is 17.8 Å². The van der Waals surface area contributed by atoms with Gasteiger partial charge < -0.3 is 5.32 Å². The molecule has 0 spiro atoms. The Morgan fingerprint density at radius 2 is 1.89 bits per heavy atom. The van der Waals surface area contributed by atoms with E-state index in [4.69, 9.17) is 0 Å². The molecule has 1 amide bonds. The summed E-state index contributed by atoms with van der Waals surface area (Å²) in [5.74, 6) is -1.48. The predicted octanol–water partition coefficient (Wildman–Crippen LogP) is 2.91. The van der Waals surface area contributed by atoms with E-state index in [1.54, 1.807) is 0 Å². The van der Waals surface area contributed by atoms with Crippen LogP contribution in [0.3, 0.4) is 0 Å². The van der Waals surface area contributed by atoms with Crippen LogP contribution in [0, 0.1) is 23.7 Å². The van der Waals surface area contributed by atoms with Crippen molar-refractivity contribution in [3.05, 3.63) is 29.6 Å². The molecule has 1 saturated carbocycles. The lowest BCUT2D eigenvalue weighted by atomic mass is 9.78. The SMILES string of the molecule is C[C@@H]1[C@H](C)CCC[C@@H]1NC(=O)c1cc(F)nc(F)c1. The molecule has 0 radical (unpaired) electrons. The summed E-state index contributed by atoms with van der Waals surface area (Å²) in [5, 5.41) is 2.87. The Kier molecular flexibility index (Phi) is 4.12. The summed E-state index contributed by atoms with van der Waals surface area (Å²) >= 11 is 0. The summed E-state index contributed by atoms with van der Waals surface area (Å²) < 4.78 is 25.9. The Morgan fingerprint density at radius 1 is 1.26 bits per heavy atom. The monoisotopic (exact) mass is 268 g/mol. The van der Waals surface area contributed by atoms with Crippen molar-refractivity contribution in [3.63, 3.8) is 0 Å². The highest BCUT2D eigenvalue weighted by Gasteiger charge is 2.28. The van der Waals surface area contributed by atoms with E-state index in [1.807, 2.05) is 0 Å². The van der Waals surface area contributed by atoms with Gasteiger partial charge in [-0.1, -0.05) is 26.7 Å². The van der Waals surface area contributed by atoms with Crippen molar-refractivity contribution in [2.45, 2.75) is 39.2 Å². The molecule has 3 nitrogen and oxygen atoms in total. The number of nitrogens with one attached hydrogen (secondary N) is 1. The highest BCUT2D eigenvalue weighted by molar-refractivity contribution is 5.94. The fourth-order valence-electron chi connectivity index (χ4n) is 2.63. The Bertz CT molecular complexity index is 458. The minimum atomic E-state index is -0.977. The second-order valence-electron chi connectivity index (χ2n) is 5.35. The van der Waals surface area contributed by atoms with Gasteiger partial charge in [-0.05, 0) is 18.3 Å².